The predicted octanol–water partition coefficient (Wildman–Crippen LogP) is 7.31. The molecule has 2 saturated heterocycles. The summed E-state index contributed by atoms with van der Waals surface area (Å²) in [4.78, 5) is 84.6. The summed E-state index contributed by atoms with van der Waals surface area (Å²) in [7, 11) is 4.52. The van der Waals surface area contributed by atoms with Crippen molar-refractivity contribution in [1.29, 1.82) is 0 Å². The molecule has 0 aromatic rings. The van der Waals surface area contributed by atoms with Gasteiger partial charge in [0.05, 0.1) is 18.3 Å². The number of hydrogen-bond acceptors (Lipinski definition) is 14. The van der Waals surface area contributed by atoms with Crippen molar-refractivity contribution in [1.82, 2.24) is 4.90 Å². The number of nitrogens with zero attached hydrogens (tertiary/aromatic N) is 1. The van der Waals surface area contributed by atoms with E-state index in [1.807, 2.05) is 58.1 Å². The van der Waals surface area contributed by atoms with Crippen molar-refractivity contribution in [2.75, 3.05) is 27.9 Å². The van der Waals surface area contributed by atoms with Crippen LogP contribution in [0.1, 0.15) is 132 Å². The highest BCUT2D eigenvalue weighted by Gasteiger charge is 2.53. The van der Waals surface area contributed by atoms with Crippen molar-refractivity contribution in [3.05, 3.63) is 59.8 Å². The van der Waals surface area contributed by atoms with Gasteiger partial charge in [-0.3, -0.25) is 19.2 Å². The molecule has 70 heavy (non-hydrogen) atoms. The zero-order chi connectivity index (χ0) is 51.9. The summed E-state index contributed by atoms with van der Waals surface area (Å²) in [6.45, 7) is 14.4. The van der Waals surface area contributed by atoms with E-state index >= 15 is 0 Å². The molecule has 4 rings (SSSR count). The number of ketones is 3. The van der Waals surface area contributed by atoms with E-state index < -0.39 is 89.8 Å². The maximum Gasteiger partial charge on any atom is 0.330 e. The Hall–Kier alpha value is -4.12. The van der Waals surface area contributed by atoms with Crippen molar-refractivity contribution in [2.24, 2.45) is 35.5 Å². The fourth-order valence-electron chi connectivity index (χ4n) is 10.6. The first kappa shape index (κ1) is 58.5. The van der Waals surface area contributed by atoms with Crippen LogP contribution in [0.25, 0.3) is 0 Å². The quantitative estimate of drug-likeness (QED) is 0.106. The molecule has 3 fully saturated rings. The van der Waals surface area contributed by atoms with Gasteiger partial charge in [0, 0.05) is 64.5 Å². The Morgan fingerprint density at radius 2 is 1.61 bits per heavy atom. The number of esters is 2. The van der Waals surface area contributed by atoms with Crippen molar-refractivity contribution < 1.29 is 67.4 Å². The summed E-state index contributed by atoms with van der Waals surface area (Å²) in [5, 5.41) is 23.5. The van der Waals surface area contributed by atoms with Crippen LogP contribution < -0.4 is 0 Å². The van der Waals surface area contributed by atoms with Crippen LogP contribution in [0.4, 0.5) is 0 Å². The molecule has 1 aliphatic carbocycles. The smallest absolute Gasteiger partial charge is 0.330 e. The normalized spacial score (nSPS) is 38.4. The maximum atomic E-state index is 14.5. The highest BCUT2D eigenvalue weighted by molar-refractivity contribution is 6.39. The van der Waals surface area contributed by atoms with E-state index in [0.29, 0.717) is 69.8 Å². The largest absolute Gasteiger partial charge is 0.460 e. The second-order valence-corrected chi connectivity index (χ2v) is 20.5. The molecule has 15 atom stereocenters. The van der Waals surface area contributed by atoms with Gasteiger partial charge in [-0.05, 0) is 114 Å². The van der Waals surface area contributed by atoms with E-state index in [0.717, 1.165) is 5.57 Å². The molecule has 2 bridgehead atoms. The Bertz CT molecular complexity index is 1950. The van der Waals surface area contributed by atoms with Gasteiger partial charge in [-0.1, -0.05) is 77.2 Å². The minimum atomic E-state index is -2.45. The second kappa shape index (κ2) is 27.6. The lowest BCUT2D eigenvalue weighted by Gasteiger charge is -2.42. The van der Waals surface area contributed by atoms with E-state index in [2.05, 4.69) is 0 Å². The number of methoxy groups -OCH3 is 3. The molecule has 0 spiro atoms. The average Bonchev–Trinajstić information content (AvgIpc) is 3.33. The molecule has 1 saturated carbocycles. The van der Waals surface area contributed by atoms with Gasteiger partial charge in [-0.25, -0.2) is 9.59 Å². The lowest BCUT2D eigenvalue weighted by molar-refractivity contribution is -0.265. The number of carbonyl (C=O) groups is 6. The van der Waals surface area contributed by atoms with Crippen LogP contribution in [-0.2, 0) is 57.2 Å². The number of allylic oxidation sites excluding steroid dienone is 7. The van der Waals surface area contributed by atoms with Crippen molar-refractivity contribution in [2.45, 2.75) is 187 Å². The molecular formula is C55H83NO14. The fourth-order valence-corrected chi connectivity index (χ4v) is 10.6. The zero-order valence-electron chi connectivity index (χ0n) is 43.6. The number of rotatable bonds is 8. The summed E-state index contributed by atoms with van der Waals surface area (Å²) in [5.41, 5.74) is 1.25. The highest BCUT2D eigenvalue weighted by Crippen LogP contribution is 2.38. The van der Waals surface area contributed by atoms with Gasteiger partial charge in [-0.2, -0.15) is 0 Å². The first-order chi connectivity index (χ1) is 33.2. The Kier molecular flexibility index (Phi) is 23.1. The van der Waals surface area contributed by atoms with Crippen LogP contribution in [-0.4, -0.2) is 133 Å². The fraction of sp³-hybridized carbons (Fsp3) is 0.709. The van der Waals surface area contributed by atoms with Gasteiger partial charge < -0.3 is 43.5 Å². The van der Waals surface area contributed by atoms with Gasteiger partial charge in [-0.15, -0.1) is 0 Å². The molecule has 392 valence electrons. The summed E-state index contributed by atoms with van der Waals surface area (Å²) in [5.74, 6) is -8.66. The van der Waals surface area contributed by atoms with E-state index in [-0.39, 0.29) is 54.8 Å². The topological polar surface area (TPSA) is 201 Å². The monoisotopic (exact) mass is 982 g/mol. The lowest BCUT2D eigenvalue weighted by atomic mass is 9.78. The molecule has 1 amide bonds. The first-order valence-corrected chi connectivity index (χ1v) is 25.5. The van der Waals surface area contributed by atoms with E-state index in [1.165, 1.54) is 18.1 Å². The van der Waals surface area contributed by atoms with Crippen molar-refractivity contribution in [3.8, 4) is 0 Å². The van der Waals surface area contributed by atoms with Crippen molar-refractivity contribution >= 4 is 35.2 Å². The number of fused-ring (bicyclic) bond motifs is 3. The van der Waals surface area contributed by atoms with Crippen LogP contribution >= 0.6 is 0 Å². The Morgan fingerprint density at radius 1 is 0.886 bits per heavy atom. The molecule has 4 aliphatic rings. The summed E-state index contributed by atoms with van der Waals surface area (Å²) < 4.78 is 35.4. The van der Waals surface area contributed by atoms with Gasteiger partial charge in [0.1, 0.15) is 36.2 Å². The van der Waals surface area contributed by atoms with Gasteiger partial charge in [0.25, 0.3) is 11.7 Å². The van der Waals surface area contributed by atoms with Crippen LogP contribution in [0.5, 0.6) is 0 Å². The van der Waals surface area contributed by atoms with Crippen molar-refractivity contribution in [3.63, 3.8) is 0 Å². The second-order valence-electron chi connectivity index (χ2n) is 20.5. The average molecular weight is 982 g/mol. The van der Waals surface area contributed by atoms with Crippen LogP contribution in [0.3, 0.4) is 0 Å². The molecule has 3 aliphatic heterocycles. The van der Waals surface area contributed by atoms with Crippen LogP contribution in [0.2, 0.25) is 0 Å². The summed E-state index contributed by atoms with van der Waals surface area (Å²) in [6.07, 6.45) is 13.9. The standard InChI is InChI=1S/C55H83NO14/c1-12-18-48(58)68-44-25-23-40(30-47(44)66-10)29-36(5)46-32-43(57)35(4)28-38(7)50(60)51(67-11)49(59)37(6)27-33(2)19-14-13-15-20-34(3)45(65-9)31-41-24-22-39(8)55(64,70-41)52(61)53(62)56-26-17-16-21-42(56)54(63)69-46/h12-15,18-20,28,33,35-37,39-42,44-47,50-51,60,64H,16-17,21-27,29-32H2,1-11H3/b15-13+,18-12-,19-14+,34-20+,38-28+/t33-,35-,36-,37-,39-,40+,41+,42+,44-,45?,46+,47-,50-,51?,55-/m1/s1. The minimum Gasteiger partial charge on any atom is -0.460 e. The number of aliphatic hydroxyl groups excluding tert-OH is 1. The Labute approximate surface area is 416 Å². The lowest BCUT2D eigenvalue weighted by Crippen LogP contribution is -2.61. The molecule has 3 heterocycles. The summed E-state index contributed by atoms with van der Waals surface area (Å²) in [6, 6.07) is -1.17. The third-order valence-electron chi connectivity index (χ3n) is 15.0. The third-order valence-corrected chi connectivity index (χ3v) is 15.0. The number of Topliss-reactive ketones (excluding diaryl/α,β-unsaturated/α-hetero) is 3. The molecule has 0 aromatic heterocycles. The molecule has 0 radical (unpaired) electrons. The maximum absolute atomic E-state index is 14.5. The first-order valence-electron chi connectivity index (χ1n) is 25.5. The number of ether oxygens (including phenoxy) is 6. The molecule has 15 nitrogen and oxygen atoms in total. The predicted molar refractivity (Wildman–Crippen MR) is 264 cm³/mol. The molecule has 0 aromatic carbocycles. The molecule has 2 unspecified atom stereocenters. The summed E-state index contributed by atoms with van der Waals surface area (Å²) >= 11 is 0. The van der Waals surface area contributed by atoms with E-state index in [4.69, 9.17) is 28.4 Å². The molecule has 2 N–H and O–H groups in total. The SMILES string of the molecule is C/C=C\C(=O)O[C@@H]1CC[C@@H](C[C@@H](C)[C@@H]2CC(=O)[C@H](C)/C=C(\C)[C@@H](O)C(OC)C(=O)[C@H](C)C[C@H](C)/C=C/C=C/C=C(\C)C(OC)C[C@@H]3CC[C@@H](C)[C@@](O)(O3)C(=O)C(=O)N3CCCC[C@H]3C(=O)O2)C[C@H]1OC. The number of aliphatic hydroxyl groups is 2. The number of hydrogen-bond donors (Lipinski definition) is 2. The minimum absolute atomic E-state index is 0.00840. The van der Waals surface area contributed by atoms with Gasteiger partial charge >= 0.3 is 11.9 Å². The van der Waals surface area contributed by atoms with Crippen LogP contribution in [0, 0.1) is 35.5 Å². The Morgan fingerprint density at radius 3 is 2.29 bits per heavy atom. The highest BCUT2D eigenvalue weighted by atomic mass is 16.6. The van der Waals surface area contributed by atoms with E-state index in [9.17, 15) is 39.0 Å². The zero-order valence-corrected chi connectivity index (χ0v) is 43.6. The van der Waals surface area contributed by atoms with Gasteiger partial charge in [0.2, 0.25) is 5.79 Å². The number of amides is 1. The molecular weight excluding hydrogens is 899 g/mol. The molecule has 15 heteroatoms. The third kappa shape index (κ3) is 15.7. The number of cyclic esters (lactones) is 1. The Balaban J connectivity index is 1.70. The van der Waals surface area contributed by atoms with Crippen LogP contribution in [0.15, 0.2) is 59.8 Å². The number of carbonyl (C=O) groups excluding carboxylic acids is 6. The van der Waals surface area contributed by atoms with Gasteiger partial charge in [0.15, 0.2) is 5.78 Å². The number of piperidine rings is 1. The van der Waals surface area contributed by atoms with E-state index in [1.54, 1.807) is 54.1 Å².